The van der Waals surface area contributed by atoms with E-state index in [0.29, 0.717) is 18.8 Å². The molecular formula is C20H34O2. The van der Waals surface area contributed by atoms with Gasteiger partial charge in [-0.05, 0) is 65.2 Å². The summed E-state index contributed by atoms with van der Waals surface area (Å²) in [6.07, 6.45) is 11.1. The van der Waals surface area contributed by atoms with Crippen LogP contribution in [0.1, 0.15) is 73.1 Å². The fraction of sp³-hybridized carbons (Fsp3) is 0.700. The minimum atomic E-state index is -1.06. The lowest BCUT2D eigenvalue weighted by Crippen LogP contribution is -2.38. The smallest absolute Gasteiger partial charge is 0.0914 e. The Morgan fingerprint density at radius 2 is 1.68 bits per heavy atom. The van der Waals surface area contributed by atoms with Crippen molar-refractivity contribution < 1.29 is 10.2 Å². The van der Waals surface area contributed by atoms with Crippen LogP contribution in [0, 0.1) is 5.92 Å². The van der Waals surface area contributed by atoms with E-state index in [-0.39, 0.29) is 0 Å². The van der Waals surface area contributed by atoms with E-state index in [1.54, 1.807) is 6.92 Å². The zero-order chi connectivity index (χ0) is 16.8. The third-order valence-corrected chi connectivity index (χ3v) is 4.77. The molecule has 2 atom stereocenters. The summed E-state index contributed by atoms with van der Waals surface area (Å²) in [5.74, 6) is 0.482. The van der Waals surface area contributed by atoms with Gasteiger partial charge in [-0.2, -0.15) is 0 Å². The number of hydrogen-bond acceptors (Lipinski definition) is 2. The lowest BCUT2D eigenvalue weighted by molar-refractivity contribution is -0.0574. The average molecular weight is 306 g/mol. The number of aliphatic hydroxyl groups is 2. The van der Waals surface area contributed by atoms with Crippen LogP contribution >= 0.6 is 0 Å². The van der Waals surface area contributed by atoms with Crippen LogP contribution in [0.25, 0.3) is 0 Å². The molecule has 2 nitrogen and oxygen atoms in total. The van der Waals surface area contributed by atoms with E-state index < -0.39 is 11.7 Å². The van der Waals surface area contributed by atoms with Gasteiger partial charge in [-0.1, -0.05) is 48.8 Å². The van der Waals surface area contributed by atoms with Gasteiger partial charge in [0.15, 0.2) is 0 Å². The Hall–Kier alpha value is -0.860. The van der Waals surface area contributed by atoms with E-state index in [0.717, 1.165) is 25.7 Å². The maximum atomic E-state index is 10.6. The van der Waals surface area contributed by atoms with Crippen LogP contribution < -0.4 is 0 Å². The quantitative estimate of drug-likeness (QED) is 0.674. The molecule has 126 valence electrons. The second kappa shape index (κ2) is 8.69. The molecule has 2 unspecified atom stereocenters. The van der Waals surface area contributed by atoms with E-state index in [4.69, 9.17) is 0 Å². The fourth-order valence-electron chi connectivity index (χ4n) is 2.76. The van der Waals surface area contributed by atoms with Crippen molar-refractivity contribution in [2.75, 3.05) is 0 Å². The molecule has 0 radical (unpaired) electrons. The number of aliphatic hydroxyl groups excluding tert-OH is 1. The van der Waals surface area contributed by atoms with Crippen molar-refractivity contribution in [1.29, 1.82) is 0 Å². The van der Waals surface area contributed by atoms with Crippen LogP contribution in [0.15, 0.2) is 34.9 Å². The number of allylic oxidation sites excluding steroid dienone is 4. The normalized spacial score (nSPS) is 36.5. The summed E-state index contributed by atoms with van der Waals surface area (Å²) in [6.45, 7) is 10.5. The van der Waals surface area contributed by atoms with E-state index in [2.05, 4.69) is 45.9 Å². The largest absolute Gasteiger partial charge is 0.390 e. The fourth-order valence-corrected chi connectivity index (χ4v) is 2.76. The molecule has 1 aliphatic rings. The van der Waals surface area contributed by atoms with Crippen LogP contribution in [-0.2, 0) is 0 Å². The third-order valence-electron chi connectivity index (χ3n) is 4.77. The Morgan fingerprint density at radius 3 is 2.32 bits per heavy atom. The molecule has 0 saturated heterocycles. The van der Waals surface area contributed by atoms with Gasteiger partial charge in [0, 0.05) is 0 Å². The molecule has 0 aliphatic heterocycles. The topological polar surface area (TPSA) is 40.5 Å². The molecule has 22 heavy (non-hydrogen) atoms. The minimum absolute atomic E-state index is 0.482. The standard InChI is InChI=1S/C20H34O2/c1-15(2)18-11-9-16(3)7-6-8-17(4)10-12-19(21)20(5,22)14-13-18/h7,10,13,15,19,21-22H,6,8-9,11-12,14H2,1-5H3/b16-7+,17-10+,18-13+. The van der Waals surface area contributed by atoms with Gasteiger partial charge < -0.3 is 10.2 Å². The Kier molecular flexibility index (Phi) is 7.58. The predicted octanol–water partition coefficient (Wildman–Crippen LogP) is 4.93. The number of hydrogen-bond donors (Lipinski definition) is 2. The molecule has 2 heteroatoms. The molecular weight excluding hydrogens is 272 g/mol. The summed E-state index contributed by atoms with van der Waals surface area (Å²) < 4.78 is 0. The first-order valence-corrected chi connectivity index (χ1v) is 8.63. The van der Waals surface area contributed by atoms with Crippen LogP contribution in [0.2, 0.25) is 0 Å². The molecule has 0 amide bonds. The highest BCUT2D eigenvalue weighted by Gasteiger charge is 2.28. The highest BCUT2D eigenvalue weighted by molar-refractivity contribution is 5.12. The van der Waals surface area contributed by atoms with Crippen molar-refractivity contribution in [3.63, 3.8) is 0 Å². The van der Waals surface area contributed by atoms with Crippen LogP contribution in [-0.4, -0.2) is 21.9 Å². The zero-order valence-corrected chi connectivity index (χ0v) is 15.0. The molecule has 0 aromatic rings. The summed E-state index contributed by atoms with van der Waals surface area (Å²) in [4.78, 5) is 0. The molecule has 0 heterocycles. The zero-order valence-electron chi connectivity index (χ0n) is 15.0. The van der Waals surface area contributed by atoms with Crippen molar-refractivity contribution >= 4 is 0 Å². The molecule has 0 aromatic heterocycles. The maximum absolute atomic E-state index is 10.6. The first-order chi connectivity index (χ1) is 10.2. The summed E-state index contributed by atoms with van der Waals surface area (Å²) in [7, 11) is 0. The highest BCUT2D eigenvalue weighted by atomic mass is 16.3. The minimum Gasteiger partial charge on any atom is -0.390 e. The predicted molar refractivity (Wildman–Crippen MR) is 94.8 cm³/mol. The van der Waals surface area contributed by atoms with E-state index in [1.807, 2.05) is 0 Å². The SMILES string of the molecule is C/C1=C\CC(O)C(C)(O)C/C=C(/C(C)C)CC/C(C)=C/CC1. The lowest BCUT2D eigenvalue weighted by Gasteiger charge is -2.28. The first-order valence-electron chi connectivity index (χ1n) is 8.63. The molecule has 1 rings (SSSR count). The molecule has 0 saturated carbocycles. The highest BCUT2D eigenvalue weighted by Crippen LogP contribution is 2.26. The summed E-state index contributed by atoms with van der Waals surface area (Å²) >= 11 is 0. The van der Waals surface area contributed by atoms with Gasteiger partial charge >= 0.3 is 0 Å². The van der Waals surface area contributed by atoms with E-state index in [9.17, 15) is 10.2 Å². The molecule has 2 N–H and O–H groups in total. The van der Waals surface area contributed by atoms with Gasteiger partial charge in [0.25, 0.3) is 0 Å². The van der Waals surface area contributed by atoms with Crippen LogP contribution in [0.4, 0.5) is 0 Å². The Labute approximate surface area is 136 Å². The van der Waals surface area contributed by atoms with E-state index >= 15 is 0 Å². The van der Waals surface area contributed by atoms with Crippen molar-refractivity contribution in [3.05, 3.63) is 34.9 Å². The summed E-state index contributed by atoms with van der Waals surface area (Å²) in [5.41, 5.74) is 3.05. The van der Waals surface area contributed by atoms with E-state index in [1.165, 1.54) is 16.7 Å². The summed E-state index contributed by atoms with van der Waals surface area (Å²) in [5, 5.41) is 20.9. The molecule has 1 aliphatic carbocycles. The van der Waals surface area contributed by atoms with Gasteiger partial charge in [-0.3, -0.25) is 0 Å². The molecule has 0 bridgehead atoms. The number of rotatable bonds is 1. The third kappa shape index (κ3) is 6.50. The van der Waals surface area contributed by atoms with Crippen LogP contribution in [0.3, 0.4) is 0 Å². The van der Waals surface area contributed by atoms with Gasteiger partial charge in [-0.15, -0.1) is 0 Å². The summed E-state index contributed by atoms with van der Waals surface area (Å²) in [6, 6.07) is 0. The molecule has 0 aromatic carbocycles. The Morgan fingerprint density at radius 1 is 1.05 bits per heavy atom. The molecule has 0 fully saturated rings. The monoisotopic (exact) mass is 306 g/mol. The van der Waals surface area contributed by atoms with Crippen molar-refractivity contribution in [2.45, 2.75) is 84.8 Å². The van der Waals surface area contributed by atoms with Gasteiger partial charge in [0.2, 0.25) is 0 Å². The van der Waals surface area contributed by atoms with Crippen molar-refractivity contribution in [2.24, 2.45) is 5.92 Å². The Bertz CT molecular complexity index is 439. The second-order valence-corrected chi connectivity index (χ2v) is 7.39. The van der Waals surface area contributed by atoms with Crippen LogP contribution in [0.5, 0.6) is 0 Å². The van der Waals surface area contributed by atoms with Gasteiger partial charge in [0.1, 0.15) is 0 Å². The first kappa shape index (κ1) is 19.2. The average Bonchev–Trinajstić information content (AvgIpc) is 2.43. The van der Waals surface area contributed by atoms with Crippen molar-refractivity contribution in [1.82, 2.24) is 0 Å². The lowest BCUT2D eigenvalue weighted by atomic mass is 9.88. The second-order valence-electron chi connectivity index (χ2n) is 7.39. The Balaban J connectivity index is 2.98. The van der Waals surface area contributed by atoms with Gasteiger partial charge in [0.05, 0.1) is 11.7 Å². The van der Waals surface area contributed by atoms with Gasteiger partial charge in [-0.25, -0.2) is 0 Å². The van der Waals surface area contributed by atoms with Crippen molar-refractivity contribution in [3.8, 4) is 0 Å². The molecule has 0 spiro atoms. The maximum Gasteiger partial charge on any atom is 0.0914 e.